The van der Waals surface area contributed by atoms with Gasteiger partial charge in [0, 0.05) is 10.6 Å². The van der Waals surface area contributed by atoms with Crippen LogP contribution >= 0.6 is 11.6 Å². The first-order valence-corrected chi connectivity index (χ1v) is 6.30. The van der Waals surface area contributed by atoms with Crippen LogP contribution in [0.25, 0.3) is 0 Å². The Morgan fingerprint density at radius 2 is 1.80 bits per heavy atom. The number of methoxy groups -OCH3 is 2. The molecule has 0 aliphatic heterocycles. The van der Waals surface area contributed by atoms with Gasteiger partial charge in [-0.3, -0.25) is 0 Å². The van der Waals surface area contributed by atoms with Crippen LogP contribution in [0.2, 0.25) is 5.02 Å². The fourth-order valence-electron chi connectivity index (χ4n) is 1.96. The van der Waals surface area contributed by atoms with E-state index in [1.54, 1.807) is 18.2 Å². The molecule has 0 spiro atoms. The van der Waals surface area contributed by atoms with Gasteiger partial charge >= 0.3 is 0 Å². The largest absolute Gasteiger partial charge is 0.493 e. The van der Waals surface area contributed by atoms with Crippen LogP contribution < -0.4 is 9.47 Å². The zero-order valence-electron chi connectivity index (χ0n) is 11.1. The molecule has 0 aliphatic carbocycles. The molecule has 5 heteroatoms. The van der Waals surface area contributed by atoms with E-state index in [1.165, 1.54) is 32.4 Å². The highest BCUT2D eigenvalue weighted by atomic mass is 35.5. The first kappa shape index (κ1) is 14.6. The Labute approximate surface area is 121 Å². The molecule has 2 rings (SSSR count). The minimum Gasteiger partial charge on any atom is -0.493 e. The lowest BCUT2D eigenvalue weighted by Gasteiger charge is -2.16. The van der Waals surface area contributed by atoms with Crippen LogP contribution in [0.15, 0.2) is 36.4 Å². The molecule has 0 amide bonds. The standard InChI is InChI=1S/C15H14ClFO3/c1-19-12-7-6-9(8-13(12)20-2)15(18)14-10(16)4-3-5-11(14)17/h3-8,15,18H,1-2H3. The summed E-state index contributed by atoms with van der Waals surface area (Å²) in [6.07, 6.45) is -1.18. The molecular formula is C15H14ClFO3. The van der Waals surface area contributed by atoms with Crippen molar-refractivity contribution in [1.29, 1.82) is 0 Å². The maximum Gasteiger partial charge on any atom is 0.161 e. The van der Waals surface area contributed by atoms with Crippen molar-refractivity contribution in [2.75, 3.05) is 14.2 Å². The monoisotopic (exact) mass is 296 g/mol. The van der Waals surface area contributed by atoms with E-state index in [0.29, 0.717) is 17.1 Å². The molecule has 0 saturated carbocycles. The summed E-state index contributed by atoms with van der Waals surface area (Å²) in [7, 11) is 3.01. The van der Waals surface area contributed by atoms with Crippen molar-refractivity contribution in [3.8, 4) is 11.5 Å². The number of benzene rings is 2. The number of hydrogen-bond donors (Lipinski definition) is 1. The van der Waals surface area contributed by atoms with Gasteiger partial charge in [-0.2, -0.15) is 0 Å². The van der Waals surface area contributed by atoms with E-state index < -0.39 is 11.9 Å². The van der Waals surface area contributed by atoms with Crippen molar-refractivity contribution in [3.05, 3.63) is 58.4 Å². The van der Waals surface area contributed by atoms with Gasteiger partial charge in [-0.05, 0) is 29.8 Å². The highest BCUT2D eigenvalue weighted by Gasteiger charge is 2.19. The second-order valence-electron chi connectivity index (χ2n) is 4.15. The third kappa shape index (κ3) is 2.71. The molecule has 0 aliphatic rings. The molecule has 0 saturated heterocycles. The SMILES string of the molecule is COc1ccc(C(O)c2c(F)cccc2Cl)cc1OC. The van der Waals surface area contributed by atoms with Crippen LogP contribution in [0.3, 0.4) is 0 Å². The number of aliphatic hydroxyl groups excluding tert-OH is 1. The molecule has 106 valence electrons. The van der Waals surface area contributed by atoms with Crippen molar-refractivity contribution in [3.63, 3.8) is 0 Å². The minimum absolute atomic E-state index is 0.0430. The van der Waals surface area contributed by atoms with Crippen LogP contribution in [0.5, 0.6) is 11.5 Å². The summed E-state index contributed by atoms with van der Waals surface area (Å²) in [6.45, 7) is 0. The number of rotatable bonds is 4. The van der Waals surface area contributed by atoms with Gasteiger partial charge in [0.25, 0.3) is 0 Å². The van der Waals surface area contributed by atoms with Gasteiger partial charge < -0.3 is 14.6 Å². The quantitative estimate of drug-likeness (QED) is 0.937. The van der Waals surface area contributed by atoms with Crippen molar-refractivity contribution in [2.45, 2.75) is 6.10 Å². The first-order valence-electron chi connectivity index (χ1n) is 5.92. The summed E-state index contributed by atoms with van der Waals surface area (Å²) < 4.78 is 24.1. The van der Waals surface area contributed by atoms with Gasteiger partial charge in [0.2, 0.25) is 0 Å². The summed E-state index contributed by atoms with van der Waals surface area (Å²) in [5, 5.41) is 10.5. The summed E-state index contributed by atoms with van der Waals surface area (Å²) in [5.74, 6) is 0.430. The lowest BCUT2D eigenvalue weighted by molar-refractivity contribution is 0.214. The Morgan fingerprint density at radius 1 is 1.10 bits per heavy atom. The van der Waals surface area contributed by atoms with Crippen LogP contribution in [0.1, 0.15) is 17.2 Å². The normalized spacial score (nSPS) is 12.1. The molecule has 0 fully saturated rings. The average Bonchev–Trinajstić information content (AvgIpc) is 2.46. The van der Waals surface area contributed by atoms with Crippen molar-refractivity contribution in [2.24, 2.45) is 0 Å². The van der Waals surface area contributed by atoms with Gasteiger partial charge in [0.15, 0.2) is 11.5 Å². The molecule has 2 aromatic carbocycles. The van der Waals surface area contributed by atoms with E-state index in [2.05, 4.69) is 0 Å². The Bertz CT molecular complexity index is 596. The predicted octanol–water partition coefficient (Wildman–Crippen LogP) is 3.58. The molecule has 0 aromatic heterocycles. The Hall–Kier alpha value is -1.78. The lowest BCUT2D eigenvalue weighted by atomic mass is 10.0. The number of hydrogen-bond acceptors (Lipinski definition) is 3. The van der Waals surface area contributed by atoms with E-state index >= 15 is 0 Å². The first-order chi connectivity index (χ1) is 9.58. The second kappa shape index (κ2) is 6.11. The Balaban J connectivity index is 2.46. The Kier molecular flexibility index (Phi) is 4.47. The van der Waals surface area contributed by atoms with E-state index in [1.807, 2.05) is 0 Å². The maximum atomic E-state index is 13.8. The van der Waals surface area contributed by atoms with Crippen molar-refractivity contribution >= 4 is 11.6 Å². The van der Waals surface area contributed by atoms with Gasteiger partial charge in [0.05, 0.1) is 14.2 Å². The number of halogens is 2. The molecule has 2 aromatic rings. The average molecular weight is 297 g/mol. The van der Waals surface area contributed by atoms with Crippen LogP contribution in [-0.4, -0.2) is 19.3 Å². The number of ether oxygens (including phenoxy) is 2. The van der Waals surface area contributed by atoms with Gasteiger partial charge in [-0.25, -0.2) is 4.39 Å². The second-order valence-corrected chi connectivity index (χ2v) is 4.56. The summed E-state index contributed by atoms with van der Waals surface area (Å²) >= 11 is 5.95. The molecule has 1 atom stereocenters. The summed E-state index contributed by atoms with van der Waals surface area (Å²) in [4.78, 5) is 0. The molecular weight excluding hydrogens is 283 g/mol. The lowest BCUT2D eigenvalue weighted by Crippen LogP contribution is -2.04. The molecule has 20 heavy (non-hydrogen) atoms. The minimum atomic E-state index is -1.18. The van der Waals surface area contributed by atoms with E-state index in [4.69, 9.17) is 21.1 Å². The Morgan fingerprint density at radius 3 is 2.40 bits per heavy atom. The molecule has 1 unspecified atom stereocenters. The smallest absolute Gasteiger partial charge is 0.161 e. The molecule has 1 N–H and O–H groups in total. The van der Waals surface area contributed by atoms with Crippen LogP contribution in [0, 0.1) is 5.82 Å². The molecule has 0 heterocycles. The fourth-order valence-corrected chi connectivity index (χ4v) is 2.23. The molecule has 0 bridgehead atoms. The number of aliphatic hydroxyl groups is 1. The van der Waals surface area contributed by atoms with Gasteiger partial charge in [-0.15, -0.1) is 0 Å². The zero-order chi connectivity index (χ0) is 14.7. The zero-order valence-corrected chi connectivity index (χ0v) is 11.8. The predicted molar refractivity (Wildman–Crippen MR) is 75.0 cm³/mol. The fraction of sp³-hybridized carbons (Fsp3) is 0.200. The summed E-state index contributed by atoms with van der Waals surface area (Å²) in [5.41, 5.74) is 0.510. The van der Waals surface area contributed by atoms with Crippen LogP contribution in [0.4, 0.5) is 4.39 Å². The van der Waals surface area contributed by atoms with E-state index in [0.717, 1.165) is 0 Å². The third-order valence-electron chi connectivity index (χ3n) is 3.00. The maximum absolute atomic E-state index is 13.8. The van der Waals surface area contributed by atoms with Crippen molar-refractivity contribution < 1.29 is 19.0 Å². The van der Waals surface area contributed by atoms with E-state index in [-0.39, 0.29) is 10.6 Å². The van der Waals surface area contributed by atoms with Gasteiger partial charge in [0.1, 0.15) is 11.9 Å². The van der Waals surface area contributed by atoms with Crippen LogP contribution in [-0.2, 0) is 0 Å². The highest BCUT2D eigenvalue weighted by Crippen LogP contribution is 2.35. The molecule has 3 nitrogen and oxygen atoms in total. The van der Waals surface area contributed by atoms with Gasteiger partial charge in [-0.1, -0.05) is 23.7 Å². The molecule has 0 radical (unpaired) electrons. The highest BCUT2D eigenvalue weighted by molar-refractivity contribution is 6.31. The van der Waals surface area contributed by atoms with Crippen molar-refractivity contribution in [1.82, 2.24) is 0 Å². The van der Waals surface area contributed by atoms with E-state index in [9.17, 15) is 9.50 Å². The summed E-state index contributed by atoms with van der Waals surface area (Å²) in [6, 6.07) is 9.14. The third-order valence-corrected chi connectivity index (χ3v) is 3.33. The topological polar surface area (TPSA) is 38.7 Å².